The zero-order valence-electron chi connectivity index (χ0n) is 4.35. The van der Waals surface area contributed by atoms with E-state index in [1.165, 1.54) is 6.92 Å². The van der Waals surface area contributed by atoms with E-state index in [2.05, 4.69) is 0 Å². The van der Waals surface area contributed by atoms with Gasteiger partial charge in [0.25, 0.3) is 0 Å². The Morgan fingerprint density at radius 3 is 2.12 bits per heavy atom. The van der Waals surface area contributed by atoms with Gasteiger partial charge < -0.3 is 12.4 Å². The smallest absolute Gasteiger partial charge is 0.307 e. The third-order valence-electron chi connectivity index (χ3n) is 0.262. The van der Waals surface area contributed by atoms with Crippen molar-refractivity contribution < 1.29 is 22.6 Å². The van der Waals surface area contributed by atoms with Gasteiger partial charge in [-0.3, -0.25) is 15.9 Å². The monoisotopic (exact) mass is 154 g/mol. The van der Waals surface area contributed by atoms with E-state index in [0.29, 0.717) is 0 Å². The first kappa shape index (κ1) is 10.7. The molecule has 0 aromatic heterocycles. The second-order valence-electron chi connectivity index (χ2n) is 0.996. The number of rotatable bonds is 0. The number of hydrogen-bond donors (Lipinski definition) is 2. The van der Waals surface area contributed by atoms with Crippen LogP contribution >= 0.6 is 11.8 Å². The highest BCUT2D eigenvalue weighted by Gasteiger charge is 1.98. The maximum absolute atomic E-state index is 10.0. The van der Waals surface area contributed by atoms with Gasteiger partial charge in [0, 0.05) is 18.7 Å². The van der Waals surface area contributed by atoms with Crippen molar-refractivity contribution in [3.05, 3.63) is 0 Å². The molecule has 0 saturated carbocycles. The Hall–Kier alpha value is -0.220. The zero-order chi connectivity index (χ0) is 5.86. The van der Waals surface area contributed by atoms with Crippen molar-refractivity contribution in [3.8, 4) is 0 Å². The number of carbonyl (C=O) groups excluding carboxylic acids is 1. The normalized spacial score (nSPS) is 7.12. The molecule has 0 rings (SSSR count). The van der Waals surface area contributed by atoms with E-state index in [4.69, 9.17) is 11.1 Å². The predicted molar refractivity (Wildman–Crippen MR) is 29.4 cm³/mol. The Morgan fingerprint density at radius 1 is 1.75 bits per heavy atom. The lowest BCUT2D eigenvalue weighted by Crippen LogP contribution is -3.00. The lowest BCUT2D eigenvalue weighted by molar-refractivity contribution is -0.111. The highest BCUT2D eigenvalue weighted by Crippen LogP contribution is 1.93. The average molecular weight is 155 g/mol. The van der Waals surface area contributed by atoms with Gasteiger partial charge in [-0.25, -0.2) is 0 Å². The van der Waals surface area contributed by atoms with Gasteiger partial charge in [-0.15, -0.1) is 0 Å². The van der Waals surface area contributed by atoms with Crippen molar-refractivity contribution in [1.82, 2.24) is 0 Å². The minimum absolute atomic E-state index is 0. The summed E-state index contributed by atoms with van der Waals surface area (Å²) in [6, 6.07) is 0. The number of amidine groups is 1. The maximum Gasteiger partial charge on any atom is 0.307 e. The number of carbonyl (C=O) groups is 1. The number of hydrogen-bond acceptors (Lipinski definition) is 2. The van der Waals surface area contributed by atoms with Gasteiger partial charge in [-0.1, -0.05) is 0 Å². The van der Waals surface area contributed by atoms with Crippen LogP contribution in [0.2, 0.25) is 0 Å². The minimum atomic E-state index is -0.0833. The molecular weight excluding hydrogens is 148 g/mol. The Kier molecular flexibility index (Phi) is 6.59. The van der Waals surface area contributed by atoms with Crippen LogP contribution in [0.4, 0.5) is 0 Å². The lowest BCUT2D eigenvalue weighted by atomic mass is 10.9. The van der Waals surface area contributed by atoms with Crippen molar-refractivity contribution in [2.45, 2.75) is 6.92 Å². The Bertz CT molecular complexity index is 93.5. The molecule has 0 fully saturated rings. The summed E-state index contributed by atoms with van der Waals surface area (Å²) in [4.78, 5) is 10.0. The summed E-state index contributed by atoms with van der Waals surface area (Å²) in [6.45, 7) is 1.41. The Morgan fingerprint density at radius 2 is 2.12 bits per heavy atom. The largest absolute Gasteiger partial charge is 1.00 e. The highest BCUT2D eigenvalue weighted by atomic mass is 35.5. The minimum Gasteiger partial charge on any atom is -1.00 e. The van der Waals surface area contributed by atoms with Crippen LogP contribution in [0.3, 0.4) is 0 Å². The molecule has 0 aliphatic carbocycles. The van der Waals surface area contributed by atoms with Crippen LogP contribution < -0.4 is 23.5 Å². The molecule has 0 aliphatic rings. The standard InChI is InChI=1S/C3H6N2OS.ClH/c1-2(6)7-3(4)5;/h1H3,(H3,4,5);1H. The molecule has 0 aliphatic heterocycles. The molecule has 8 heavy (non-hydrogen) atoms. The van der Waals surface area contributed by atoms with E-state index in [9.17, 15) is 4.79 Å². The van der Waals surface area contributed by atoms with Gasteiger partial charge in [-0.2, -0.15) is 0 Å². The van der Waals surface area contributed by atoms with Crippen LogP contribution in [-0.4, -0.2) is 10.3 Å². The van der Waals surface area contributed by atoms with Crippen molar-refractivity contribution in [2.24, 2.45) is 5.73 Å². The van der Waals surface area contributed by atoms with Gasteiger partial charge in [0.1, 0.15) is 0 Å². The van der Waals surface area contributed by atoms with Gasteiger partial charge in [-0.05, 0) is 0 Å². The van der Waals surface area contributed by atoms with Crippen LogP contribution in [0.25, 0.3) is 0 Å². The van der Waals surface area contributed by atoms with E-state index in [1.54, 1.807) is 0 Å². The van der Waals surface area contributed by atoms with Crippen LogP contribution in [-0.2, 0) is 4.79 Å². The fraction of sp³-hybridized carbons (Fsp3) is 0.333. The van der Waals surface area contributed by atoms with Gasteiger partial charge in [0.2, 0.25) is 0 Å². The Labute approximate surface area is 57.9 Å². The third-order valence-corrected chi connectivity index (χ3v) is 0.785. The molecule has 0 aromatic carbocycles. The molecule has 0 atom stereocenters. The molecule has 0 unspecified atom stereocenters. The number of nitrogens with two attached hydrogens (primary N) is 2. The quantitative estimate of drug-likeness (QED) is 0.272. The van der Waals surface area contributed by atoms with Crippen LogP contribution in [0, 0.1) is 0 Å². The van der Waals surface area contributed by atoms with Crippen molar-refractivity contribution >= 4 is 22.0 Å². The first-order valence-electron chi connectivity index (χ1n) is 1.69. The topological polar surface area (TPSA) is 68.7 Å². The molecule has 5 heteroatoms. The molecule has 0 aromatic rings. The molecule has 0 saturated heterocycles. The van der Waals surface area contributed by atoms with Crippen LogP contribution in [0.5, 0.6) is 0 Å². The Balaban J connectivity index is 0. The first-order valence-corrected chi connectivity index (χ1v) is 2.51. The second-order valence-corrected chi connectivity index (χ2v) is 2.25. The molecule has 48 valence electrons. The lowest BCUT2D eigenvalue weighted by Gasteiger charge is -1.79. The van der Waals surface area contributed by atoms with Crippen LogP contribution in [0.1, 0.15) is 6.92 Å². The van der Waals surface area contributed by atoms with Crippen LogP contribution in [0.15, 0.2) is 0 Å². The SMILES string of the molecule is CC(=O)SC(N)=[NH2+].[Cl-]. The van der Waals surface area contributed by atoms with E-state index in [-0.39, 0.29) is 22.7 Å². The number of thioether (sulfide) groups is 1. The summed E-state index contributed by atoms with van der Waals surface area (Å²) in [5, 5.41) is 4.95. The fourth-order valence-corrected chi connectivity index (χ4v) is 0.498. The summed E-state index contributed by atoms with van der Waals surface area (Å²) in [7, 11) is 0. The molecule has 3 nitrogen and oxygen atoms in total. The molecule has 4 N–H and O–H groups in total. The molecular formula is C3H7ClN2OS. The second kappa shape index (κ2) is 4.93. The summed E-state index contributed by atoms with van der Waals surface area (Å²) in [6.07, 6.45) is 0. The molecule has 0 radical (unpaired) electrons. The van der Waals surface area contributed by atoms with Gasteiger partial charge >= 0.3 is 5.17 Å². The third kappa shape index (κ3) is 9.24. The first-order chi connectivity index (χ1) is 3.13. The van der Waals surface area contributed by atoms with Gasteiger partial charge in [0.15, 0.2) is 5.12 Å². The summed E-state index contributed by atoms with van der Waals surface area (Å²) < 4.78 is 0. The highest BCUT2D eigenvalue weighted by molar-refractivity contribution is 8.25. The zero-order valence-corrected chi connectivity index (χ0v) is 5.92. The summed E-state index contributed by atoms with van der Waals surface area (Å²) in [5.41, 5.74) is 4.93. The molecule has 0 bridgehead atoms. The average Bonchev–Trinajstić information content (AvgIpc) is 1.27. The number of halogens is 1. The van der Waals surface area contributed by atoms with E-state index < -0.39 is 0 Å². The fourth-order valence-electron chi connectivity index (χ4n) is 0.166. The van der Waals surface area contributed by atoms with Crippen molar-refractivity contribution in [2.75, 3.05) is 0 Å². The predicted octanol–water partition coefficient (Wildman–Crippen LogP) is -4.66. The van der Waals surface area contributed by atoms with Crippen molar-refractivity contribution in [1.29, 1.82) is 0 Å². The van der Waals surface area contributed by atoms with E-state index in [0.717, 1.165) is 11.8 Å². The molecule has 0 amide bonds. The van der Waals surface area contributed by atoms with E-state index in [1.807, 2.05) is 0 Å². The maximum atomic E-state index is 10.0. The molecule has 0 spiro atoms. The molecule has 0 heterocycles. The van der Waals surface area contributed by atoms with E-state index >= 15 is 0 Å². The summed E-state index contributed by atoms with van der Waals surface area (Å²) in [5.74, 6) is 0. The van der Waals surface area contributed by atoms with Gasteiger partial charge in [0.05, 0.1) is 0 Å². The summed E-state index contributed by atoms with van der Waals surface area (Å²) >= 11 is 0.843. The van der Waals surface area contributed by atoms with Crippen molar-refractivity contribution in [3.63, 3.8) is 0 Å².